The van der Waals surface area contributed by atoms with Crippen molar-refractivity contribution in [2.45, 2.75) is 32.6 Å². The fourth-order valence-electron chi connectivity index (χ4n) is 2.63. The highest BCUT2D eigenvalue weighted by Crippen LogP contribution is 2.15. The Morgan fingerprint density at radius 1 is 1.58 bits per heavy atom. The molecule has 2 heterocycles. The molecule has 1 aliphatic heterocycles. The van der Waals surface area contributed by atoms with Gasteiger partial charge < -0.3 is 10.2 Å². The van der Waals surface area contributed by atoms with Gasteiger partial charge >= 0.3 is 0 Å². The first kappa shape index (κ1) is 14.1. The molecule has 1 atom stereocenters. The highest BCUT2D eigenvalue weighted by Gasteiger charge is 2.15. The molecule has 19 heavy (non-hydrogen) atoms. The molecule has 0 bridgehead atoms. The number of unbranched alkanes of at least 4 members (excludes halogenated alkanes) is 1. The molecule has 2 rings (SSSR count). The standard InChI is InChI=1S/C14H24N4O/c1-12-5-4-10-18(11-12)9-3-2-7-15-14(19)13-6-8-16-17-13/h6,8,12H,2-5,7,9-11H2,1H3,(H,15,19)(H,16,17)/t12-/m0/s1. The van der Waals surface area contributed by atoms with Gasteiger partial charge in [-0.15, -0.1) is 0 Å². The quantitative estimate of drug-likeness (QED) is 0.768. The van der Waals surface area contributed by atoms with Crippen LogP contribution in [0.5, 0.6) is 0 Å². The Kier molecular flexibility index (Phi) is 5.39. The SMILES string of the molecule is C[C@H]1CCCN(CCCCNC(=O)c2ccn[nH]2)C1. The van der Waals surface area contributed by atoms with Gasteiger partial charge in [-0.1, -0.05) is 6.92 Å². The van der Waals surface area contributed by atoms with Gasteiger partial charge in [0.15, 0.2) is 0 Å². The van der Waals surface area contributed by atoms with Crippen LogP contribution in [-0.4, -0.2) is 47.2 Å². The zero-order valence-corrected chi connectivity index (χ0v) is 11.7. The summed E-state index contributed by atoms with van der Waals surface area (Å²) in [5.74, 6) is 0.776. The zero-order chi connectivity index (χ0) is 13.5. The summed E-state index contributed by atoms with van der Waals surface area (Å²) in [6, 6.07) is 1.68. The minimum atomic E-state index is -0.0657. The summed E-state index contributed by atoms with van der Waals surface area (Å²) in [7, 11) is 0. The summed E-state index contributed by atoms with van der Waals surface area (Å²) in [4.78, 5) is 14.2. The molecule has 0 saturated carbocycles. The van der Waals surface area contributed by atoms with Crippen molar-refractivity contribution in [1.82, 2.24) is 20.4 Å². The number of carbonyl (C=O) groups excluding carboxylic acids is 1. The first-order chi connectivity index (χ1) is 9.25. The van der Waals surface area contributed by atoms with Crippen LogP contribution in [-0.2, 0) is 0 Å². The lowest BCUT2D eigenvalue weighted by Crippen LogP contribution is -2.35. The Bertz CT molecular complexity index is 377. The highest BCUT2D eigenvalue weighted by molar-refractivity contribution is 5.91. The van der Waals surface area contributed by atoms with Crippen molar-refractivity contribution in [2.24, 2.45) is 5.92 Å². The number of aromatic amines is 1. The van der Waals surface area contributed by atoms with E-state index in [4.69, 9.17) is 0 Å². The Morgan fingerprint density at radius 3 is 3.21 bits per heavy atom. The maximum atomic E-state index is 11.6. The van der Waals surface area contributed by atoms with E-state index >= 15 is 0 Å². The Morgan fingerprint density at radius 2 is 2.47 bits per heavy atom. The fourth-order valence-corrected chi connectivity index (χ4v) is 2.63. The van der Waals surface area contributed by atoms with Crippen LogP contribution in [0.4, 0.5) is 0 Å². The lowest BCUT2D eigenvalue weighted by Gasteiger charge is -2.30. The number of rotatable bonds is 6. The van der Waals surface area contributed by atoms with Gasteiger partial charge in [0.25, 0.3) is 5.91 Å². The second kappa shape index (κ2) is 7.28. The molecule has 106 valence electrons. The average molecular weight is 264 g/mol. The van der Waals surface area contributed by atoms with Gasteiger partial charge in [-0.2, -0.15) is 5.10 Å². The number of H-pyrrole nitrogens is 1. The summed E-state index contributed by atoms with van der Waals surface area (Å²) in [6.07, 6.45) is 6.47. The van der Waals surface area contributed by atoms with Crippen molar-refractivity contribution in [2.75, 3.05) is 26.2 Å². The van der Waals surface area contributed by atoms with Gasteiger partial charge in [-0.3, -0.25) is 9.89 Å². The van der Waals surface area contributed by atoms with Crippen molar-refractivity contribution in [1.29, 1.82) is 0 Å². The number of nitrogens with zero attached hydrogens (tertiary/aromatic N) is 2. The zero-order valence-electron chi connectivity index (χ0n) is 11.7. The molecule has 1 amide bonds. The monoisotopic (exact) mass is 264 g/mol. The third-order valence-electron chi connectivity index (χ3n) is 3.67. The lowest BCUT2D eigenvalue weighted by molar-refractivity contribution is 0.0947. The number of likely N-dealkylation sites (tertiary alicyclic amines) is 1. The van der Waals surface area contributed by atoms with Crippen LogP contribution >= 0.6 is 0 Å². The number of aromatic nitrogens is 2. The number of hydrogen-bond donors (Lipinski definition) is 2. The van der Waals surface area contributed by atoms with Crippen molar-refractivity contribution in [3.05, 3.63) is 18.0 Å². The summed E-state index contributed by atoms with van der Waals surface area (Å²) in [6.45, 7) is 6.70. The van der Waals surface area contributed by atoms with E-state index in [0.29, 0.717) is 5.69 Å². The molecule has 1 fully saturated rings. The van der Waals surface area contributed by atoms with Crippen LogP contribution in [0.2, 0.25) is 0 Å². The van der Waals surface area contributed by atoms with Gasteiger partial charge in [-0.05, 0) is 50.8 Å². The number of piperidine rings is 1. The fraction of sp³-hybridized carbons (Fsp3) is 0.714. The van der Waals surface area contributed by atoms with Crippen molar-refractivity contribution in [3.8, 4) is 0 Å². The van der Waals surface area contributed by atoms with Crippen LogP contribution in [0, 0.1) is 5.92 Å². The molecule has 0 radical (unpaired) electrons. The predicted molar refractivity (Wildman–Crippen MR) is 75.0 cm³/mol. The van der Waals surface area contributed by atoms with Gasteiger partial charge in [0.1, 0.15) is 5.69 Å². The molecule has 1 aliphatic rings. The molecular formula is C14H24N4O. The maximum absolute atomic E-state index is 11.6. The Hall–Kier alpha value is -1.36. The number of hydrogen-bond acceptors (Lipinski definition) is 3. The Labute approximate surface area is 114 Å². The van der Waals surface area contributed by atoms with E-state index < -0.39 is 0 Å². The van der Waals surface area contributed by atoms with Crippen LogP contribution in [0.25, 0.3) is 0 Å². The highest BCUT2D eigenvalue weighted by atomic mass is 16.1. The van der Waals surface area contributed by atoms with E-state index in [1.165, 1.54) is 25.9 Å². The molecule has 5 nitrogen and oxygen atoms in total. The molecule has 5 heteroatoms. The normalized spacial score (nSPS) is 20.4. The van der Waals surface area contributed by atoms with E-state index in [1.807, 2.05) is 0 Å². The average Bonchev–Trinajstić information content (AvgIpc) is 2.92. The third kappa shape index (κ3) is 4.67. The number of carbonyl (C=O) groups is 1. The van der Waals surface area contributed by atoms with Gasteiger partial charge in [0.05, 0.1) is 0 Å². The minimum Gasteiger partial charge on any atom is -0.351 e. The van der Waals surface area contributed by atoms with Crippen LogP contribution in [0.1, 0.15) is 43.1 Å². The van der Waals surface area contributed by atoms with E-state index in [1.54, 1.807) is 12.3 Å². The summed E-state index contributed by atoms with van der Waals surface area (Å²) in [5.41, 5.74) is 0.532. The minimum absolute atomic E-state index is 0.0657. The molecule has 1 aromatic heterocycles. The predicted octanol–water partition coefficient (Wildman–Crippen LogP) is 1.65. The summed E-state index contributed by atoms with van der Waals surface area (Å²) < 4.78 is 0. The van der Waals surface area contributed by atoms with Crippen molar-refractivity contribution in [3.63, 3.8) is 0 Å². The largest absolute Gasteiger partial charge is 0.351 e. The van der Waals surface area contributed by atoms with Crippen molar-refractivity contribution >= 4 is 5.91 Å². The molecule has 2 N–H and O–H groups in total. The number of nitrogens with one attached hydrogen (secondary N) is 2. The summed E-state index contributed by atoms with van der Waals surface area (Å²) >= 11 is 0. The second-order valence-electron chi connectivity index (χ2n) is 5.48. The second-order valence-corrected chi connectivity index (χ2v) is 5.48. The molecule has 0 aromatic carbocycles. The first-order valence-corrected chi connectivity index (χ1v) is 7.25. The maximum Gasteiger partial charge on any atom is 0.269 e. The lowest BCUT2D eigenvalue weighted by atomic mass is 10.0. The van der Waals surface area contributed by atoms with E-state index in [0.717, 1.165) is 31.8 Å². The molecule has 1 saturated heterocycles. The molecule has 0 aliphatic carbocycles. The molecule has 0 spiro atoms. The van der Waals surface area contributed by atoms with E-state index in [9.17, 15) is 4.79 Å². The summed E-state index contributed by atoms with van der Waals surface area (Å²) in [5, 5.41) is 9.33. The Balaban J connectivity index is 1.53. The van der Waals surface area contributed by atoms with Crippen LogP contribution < -0.4 is 5.32 Å². The topological polar surface area (TPSA) is 61.0 Å². The number of amides is 1. The molecule has 0 unspecified atom stereocenters. The molecule has 1 aromatic rings. The van der Waals surface area contributed by atoms with Gasteiger partial charge in [0, 0.05) is 19.3 Å². The van der Waals surface area contributed by atoms with E-state index in [2.05, 4.69) is 27.3 Å². The van der Waals surface area contributed by atoms with Gasteiger partial charge in [-0.25, -0.2) is 0 Å². The smallest absolute Gasteiger partial charge is 0.269 e. The van der Waals surface area contributed by atoms with Crippen molar-refractivity contribution < 1.29 is 4.79 Å². The van der Waals surface area contributed by atoms with Crippen LogP contribution in [0.15, 0.2) is 12.3 Å². The third-order valence-corrected chi connectivity index (χ3v) is 3.67. The van der Waals surface area contributed by atoms with Crippen LogP contribution in [0.3, 0.4) is 0 Å². The molecular weight excluding hydrogens is 240 g/mol. The van der Waals surface area contributed by atoms with Gasteiger partial charge in [0.2, 0.25) is 0 Å². The van der Waals surface area contributed by atoms with E-state index in [-0.39, 0.29) is 5.91 Å². The first-order valence-electron chi connectivity index (χ1n) is 7.25.